The first kappa shape index (κ1) is 12.5. The number of hydrogen-bond acceptors (Lipinski definition) is 3. The molecule has 0 radical (unpaired) electrons. The van der Waals surface area contributed by atoms with Crippen LogP contribution in [-0.2, 0) is 4.79 Å². The highest BCUT2D eigenvalue weighted by molar-refractivity contribution is 6.00. The lowest BCUT2D eigenvalue weighted by Gasteiger charge is -2.02. The average Bonchev–Trinajstić information content (AvgIpc) is 2.34. The molecule has 1 rings (SSSR count). The second-order valence-corrected chi connectivity index (χ2v) is 3.20. The van der Waals surface area contributed by atoms with Crippen molar-refractivity contribution in [1.82, 2.24) is 0 Å². The summed E-state index contributed by atoms with van der Waals surface area (Å²) in [6, 6.07) is 8.69. The van der Waals surface area contributed by atoms with Gasteiger partial charge in [-0.25, -0.2) is 0 Å². The van der Waals surface area contributed by atoms with Crippen LogP contribution < -0.4 is 10.5 Å². The molecule has 0 unspecified atom stereocenters. The summed E-state index contributed by atoms with van der Waals surface area (Å²) < 4.78 is 5.29. The molecule has 0 aliphatic heterocycles. The molecule has 0 aromatic heterocycles. The van der Waals surface area contributed by atoms with Crippen LogP contribution in [0.5, 0.6) is 5.75 Å². The summed E-state index contributed by atoms with van der Waals surface area (Å²) in [5.74, 6) is -0.0425. The van der Waals surface area contributed by atoms with Gasteiger partial charge in [0.15, 0.2) is 0 Å². The maximum absolute atomic E-state index is 10.8. The molecule has 0 bridgehead atoms. The van der Waals surface area contributed by atoms with Gasteiger partial charge in [-0.15, -0.1) is 0 Å². The third kappa shape index (κ3) is 3.84. The van der Waals surface area contributed by atoms with Crippen molar-refractivity contribution in [2.45, 2.75) is 0 Å². The van der Waals surface area contributed by atoms with E-state index in [9.17, 15) is 4.79 Å². The lowest BCUT2D eigenvalue weighted by Crippen LogP contribution is -2.12. The number of nitrogens with zero attached hydrogens (tertiary/aromatic N) is 1. The van der Waals surface area contributed by atoms with Crippen LogP contribution in [0.3, 0.4) is 0 Å². The van der Waals surface area contributed by atoms with E-state index in [2.05, 4.69) is 6.58 Å². The van der Waals surface area contributed by atoms with Crippen molar-refractivity contribution in [3.05, 3.63) is 48.1 Å². The number of rotatable bonds is 5. The van der Waals surface area contributed by atoms with Crippen molar-refractivity contribution < 1.29 is 9.53 Å². The van der Waals surface area contributed by atoms with Crippen LogP contribution >= 0.6 is 0 Å². The van der Waals surface area contributed by atoms with Gasteiger partial charge in [0.2, 0.25) is 0 Å². The standard InChI is InChI=1S/C13H12N2O2/c1-2-7-17-12-5-3-10(4-6-12)8-11(9-14)13(15)16/h2-6,8H,1,7H2,(H2,15,16)/b11-8+. The molecule has 4 heteroatoms. The molecular weight excluding hydrogens is 216 g/mol. The normalized spacial score (nSPS) is 10.4. The Balaban J connectivity index is 2.84. The van der Waals surface area contributed by atoms with Crippen molar-refractivity contribution in [2.75, 3.05) is 6.61 Å². The van der Waals surface area contributed by atoms with Gasteiger partial charge in [0.1, 0.15) is 24.0 Å². The number of ether oxygens (including phenoxy) is 1. The average molecular weight is 228 g/mol. The zero-order valence-electron chi connectivity index (χ0n) is 9.22. The van der Waals surface area contributed by atoms with Gasteiger partial charge in [0.25, 0.3) is 5.91 Å². The summed E-state index contributed by atoms with van der Waals surface area (Å²) in [5.41, 5.74) is 5.66. The molecule has 4 nitrogen and oxygen atoms in total. The van der Waals surface area contributed by atoms with Crippen LogP contribution in [0, 0.1) is 11.3 Å². The molecule has 1 aromatic carbocycles. The Morgan fingerprint density at radius 3 is 2.59 bits per heavy atom. The molecule has 0 aliphatic rings. The predicted molar refractivity (Wildman–Crippen MR) is 64.9 cm³/mol. The smallest absolute Gasteiger partial charge is 0.259 e. The van der Waals surface area contributed by atoms with Gasteiger partial charge in [-0.05, 0) is 23.8 Å². The van der Waals surface area contributed by atoms with E-state index in [4.69, 9.17) is 15.7 Å². The highest BCUT2D eigenvalue weighted by Gasteiger charge is 2.02. The fraction of sp³-hybridized carbons (Fsp3) is 0.0769. The molecule has 0 heterocycles. The minimum absolute atomic E-state index is 0.0789. The van der Waals surface area contributed by atoms with Gasteiger partial charge in [-0.2, -0.15) is 5.26 Å². The second-order valence-electron chi connectivity index (χ2n) is 3.20. The Kier molecular flexibility index (Phi) is 4.52. The quantitative estimate of drug-likeness (QED) is 0.473. The molecule has 17 heavy (non-hydrogen) atoms. The maximum atomic E-state index is 10.8. The van der Waals surface area contributed by atoms with Crippen molar-refractivity contribution in [2.24, 2.45) is 5.73 Å². The third-order valence-corrected chi connectivity index (χ3v) is 1.94. The van der Waals surface area contributed by atoms with E-state index in [1.54, 1.807) is 36.4 Å². The summed E-state index contributed by atoms with van der Waals surface area (Å²) in [6.07, 6.45) is 3.08. The second kappa shape index (κ2) is 6.13. The van der Waals surface area contributed by atoms with E-state index in [0.29, 0.717) is 17.9 Å². The molecule has 1 amide bonds. The first-order chi connectivity index (χ1) is 8.17. The van der Waals surface area contributed by atoms with Crippen molar-refractivity contribution >= 4 is 12.0 Å². The largest absolute Gasteiger partial charge is 0.490 e. The molecule has 0 fully saturated rings. The molecular formula is C13H12N2O2. The van der Waals surface area contributed by atoms with Crippen molar-refractivity contribution in [3.8, 4) is 11.8 Å². The van der Waals surface area contributed by atoms with E-state index in [1.807, 2.05) is 0 Å². The van der Waals surface area contributed by atoms with Gasteiger partial charge in [0, 0.05) is 0 Å². The monoisotopic (exact) mass is 228 g/mol. The molecule has 1 aromatic rings. The van der Waals surface area contributed by atoms with Crippen LogP contribution in [-0.4, -0.2) is 12.5 Å². The maximum Gasteiger partial charge on any atom is 0.259 e. The lowest BCUT2D eigenvalue weighted by molar-refractivity contribution is -0.114. The van der Waals surface area contributed by atoms with Crippen LogP contribution in [0.25, 0.3) is 6.08 Å². The molecule has 0 saturated heterocycles. The highest BCUT2D eigenvalue weighted by atomic mass is 16.5. The van der Waals surface area contributed by atoms with Crippen LogP contribution in [0.2, 0.25) is 0 Å². The number of hydrogen-bond donors (Lipinski definition) is 1. The summed E-state index contributed by atoms with van der Waals surface area (Å²) in [6.45, 7) is 3.97. The zero-order valence-corrected chi connectivity index (χ0v) is 9.22. The number of nitriles is 1. The fourth-order valence-electron chi connectivity index (χ4n) is 1.14. The number of carbonyl (C=O) groups is 1. The van der Waals surface area contributed by atoms with E-state index in [0.717, 1.165) is 0 Å². The fourth-order valence-corrected chi connectivity index (χ4v) is 1.14. The van der Waals surface area contributed by atoms with Gasteiger partial charge in [-0.1, -0.05) is 24.8 Å². The predicted octanol–water partition coefficient (Wildman–Crippen LogP) is 1.64. The minimum Gasteiger partial charge on any atom is -0.490 e. The SMILES string of the molecule is C=CCOc1ccc(/C=C(\C#N)C(N)=O)cc1. The lowest BCUT2D eigenvalue weighted by atomic mass is 10.1. The van der Waals surface area contributed by atoms with E-state index in [-0.39, 0.29) is 5.57 Å². The number of nitrogens with two attached hydrogens (primary N) is 1. The Labute approximate surface area is 99.6 Å². The Morgan fingerprint density at radius 1 is 1.47 bits per heavy atom. The Hall–Kier alpha value is -2.54. The number of primary amides is 1. The molecule has 0 spiro atoms. The number of carbonyl (C=O) groups excluding carboxylic acids is 1. The van der Waals surface area contributed by atoms with Crippen LogP contribution in [0.15, 0.2) is 42.5 Å². The summed E-state index contributed by atoms with van der Waals surface area (Å²) in [5, 5.41) is 8.67. The Bertz CT molecular complexity index is 481. The first-order valence-corrected chi connectivity index (χ1v) is 4.92. The van der Waals surface area contributed by atoms with Gasteiger partial charge < -0.3 is 10.5 Å². The third-order valence-electron chi connectivity index (χ3n) is 1.94. The molecule has 0 saturated carbocycles. The molecule has 2 N–H and O–H groups in total. The topological polar surface area (TPSA) is 76.1 Å². The van der Waals surface area contributed by atoms with E-state index in [1.165, 1.54) is 6.08 Å². The van der Waals surface area contributed by atoms with E-state index < -0.39 is 5.91 Å². The van der Waals surface area contributed by atoms with Gasteiger partial charge in [-0.3, -0.25) is 4.79 Å². The summed E-state index contributed by atoms with van der Waals surface area (Å²) in [7, 11) is 0. The molecule has 0 aliphatic carbocycles. The first-order valence-electron chi connectivity index (χ1n) is 4.92. The zero-order chi connectivity index (χ0) is 12.7. The van der Waals surface area contributed by atoms with Crippen molar-refractivity contribution in [3.63, 3.8) is 0 Å². The number of amides is 1. The summed E-state index contributed by atoms with van der Waals surface area (Å²) >= 11 is 0. The van der Waals surface area contributed by atoms with E-state index >= 15 is 0 Å². The van der Waals surface area contributed by atoms with Crippen LogP contribution in [0.4, 0.5) is 0 Å². The van der Waals surface area contributed by atoms with Crippen molar-refractivity contribution in [1.29, 1.82) is 5.26 Å². The van der Waals surface area contributed by atoms with Gasteiger partial charge >= 0.3 is 0 Å². The van der Waals surface area contributed by atoms with Crippen LogP contribution in [0.1, 0.15) is 5.56 Å². The molecule has 86 valence electrons. The van der Waals surface area contributed by atoms with Gasteiger partial charge in [0.05, 0.1) is 0 Å². The number of benzene rings is 1. The highest BCUT2D eigenvalue weighted by Crippen LogP contribution is 2.14. The summed E-state index contributed by atoms with van der Waals surface area (Å²) in [4.78, 5) is 10.8. The minimum atomic E-state index is -0.737. The Morgan fingerprint density at radius 2 is 2.12 bits per heavy atom. The molecule has 0 atom stereocenters.